The second-order valence-electron chi connectivity index (χ2n) is 6.12. The minimum absolute atomic E-state index is 0.0209. The number of aryl methyl sites for hydroxylation is 3. The van der Waals surface area contributed by atoms with E-state index in [9.17, 15) is 14.4 Å². The SMILES string of the molecule is COC(=O)Cc1csc(NC(=O)COC(=O)COc2c(C)cc(C)cc2C)n1. The summed E-state index contributed by atoms with van der Waals surface area (Å²) in [5.41, 5.74) is 3.45. The summed E-state index contributed by atoms with van der Waals surface area (Å²) < 4.78 is 15.0. The first-order valence-corrected chi connectivity index (χ1v) is 9.33. The van der Waals surface area contributed by atoms with Gasteiger partial charge in [-0.3, -0.25) is 14.9 Å². The number of methoxy groups -OCH3 is 1. The number of rotatable bonds is 8. The standard InChI is InChI=1S/C19H22N2O6S/c1-11-5-12(2)18(13(3)6-11)27-9-17(24)26-8-15(22)21-19-20-14(10-28-19)7-16(23)25-4/h5-6,10H,7-9H2,1-4H3,(H,20,21,22). The number of aromatic nitrogens is 1. The molecule has 0 bridgehead atoms. The van der Waals surface area contributed by atoms with Gasteiger partial charge in [-0.25, -0.2) is 9.78 Å². The lowest BCUT2D eigenvalue weighted by Crippen LogP contribution is -2.23. The molecule has 0 aliphatic carbocycles. The number of amides is 1. The fraction of sp³-hybridized carbons (Fsp3) is 0.368. The number of anilines is 1. The molecule has 0 radical (unpaired) electrons. The van der Waals surface area contributed by atoms with Gasteiger partial charge in [0.25, 0.3) is 5.91 Å². The Morgan fingerprint density at radius 3 is 2.39 bits per heavy atom. The first-order chi connectivity index (χ1) is 13.3. The van der Waals surface area contributed by atoms with Gasteiger partial charge in [0.1, 0.15) is 5.75 Å². The molecular weight excluding hydrogens is 384 g/mol. The molecule has 1 aromatic carbocycles. The zero-order valence-corrected chi connectivity index (χ0v) is 17.0. The molecule has 1 N–H and O–H groups in total. The Bertz CT molecular complexity index is 854. The van der Waals surface area contributed by atoms with E-state index < -0.39 is 24.5 Å². The normalized spacial score (nSPS) is 10.3. The molecule has 28 heavy (non-hydrogen) atoms. The highest BCUT2D eigenvalue weighted by Crippen LogP contribution is 2.24. The molecule has 1 aromatic heterocycles. The summed E-state index contributed by atoms with van der Waals surface area (Å²) in [6, 6.07) is 3.92. The number of hydrogen-bond acceptors (Lipinski definition) is 8. The van der Waals surface area contributed by atoms with Gasteiger partial charge in [0, 0.05) is 5.38 Å². The minimum atomic E-state index is -0.653. The highest BCUT2D eigenvalue weighted by Gasteiger charge is 2.13. The van der Waals surface area contributed by atoms with Crippen LogP contribution in [-0.4, -0.2) is 43.2 Å². The van der Waals surface area contributed by atoms with Crippen LogP contribution in [0.15, 0.2) is 17.5 Å². The molecule has 2 aromatic rings. The van der Waals surface area contributed by atoms with E-state index in [1.54, 1.807) is 5.38 Å². The third-order valence-electron chi connectivity index (χ3n) is 3.65. The molecule has 0 saturated heterocycles. The van der Waals surface area contributed by atoms with E-state index in [4.69, 9.17) is 9.47 Å². The van der Waals surface area contributed by atoms with Crippen molar-refractivity contribution in [2.75, 3.05) is 25.6 Å². The van der Waals surface area contributed by atoms with Crippen molar-refractivity contribution in [3.8, 4) is 5.75 Å². The Morgan fingerprint density at radius 1 is 1.07 bits per heavy atom. The quantitative estimate of drug-likeness (QED) is 0.671. The topological polar surface area (TPSA) is 104 Å². The predicted molar refractivity (Wildman–Crippen MR) is 104 cm³/mol. The van der Waals surface area contributed by atoms with Gasteiger partial charge in [-0.2, -0.15) is 0 Å². The van der Waals surface area contributed by atoms with Gasteiger partial charge in [-0.05, 0) is 31.9 Å². The largest absolute Gasteiger partial charge is 0.481 e. The molecule has 0 unspecified atom stereocenters. The van der Waals surface area contributed by atoms with Crippen molar-refractivity contribution in [3.05, 3.63) is 39.9 Å². The van der Waals surface area contributed by atoms with Crippen molar-refractivity contribution in [3.63, 3.8) is 0 Å². The Labute approximate surface area is 166 Å². The van der Waals surface area contributed by atoms with Crippen LogP contribution in [0.1, 0.15) is 22.4 Å². The number of hydrogen-bond donors (Lipinski definition) is 1. The van der Waals surface area contributed by atoms with Crippen LogP contribution in [0, 0.1) is 20.8 Å². The van der Waals surface area contributed by atoms with Crippen LogP contribution < -0.4 is 10.1 Å². The number of benzene rings is 1. The number of nitrogens with zero attached hydrogens (tertiary/aromatic N) is 1. The van der Waals surface area contributed by atoms with E-state index in [0.717, 1.165) is 28.0 Å². The molecule has 2 rings (SSSR count). The second-order valence-corrected chi connectivity index (χ2v) is 6.98. The molecule has 0 aliphatic heterocycles. The van der Waals surface area contributed by atoms with Gasteiger partial charge in [0.2, 0.25) is 0 Å². The van der Waals surface area contributed by atoms with Crippen molar-refractivity contribution in [1.29, 1.82) is 0 Å². The van der Waals surface area contributed by atoms with Gasteiger partial charge >= 0.3 is 11.9 Å². The lowest BCUT2D eigenvalue weighted by molar-refractivity contribution is -0.149. The fourth-order valence-electron chi connectivity index (χ4n) is 2.53. The van der Waals surface area contributed by atoms with Crippen LogP contribution in [0.4, 0.5) is 5.13 Å². The van der Waals surface area contributed by atoms with E-state index in [1.807, 2.05) is 32.9 Å². The maximum Gasteiger partial charge on any atom is 0.344 e. The predicted octanol–water partition coefficient (Wildman–Crippen LogP) is 2.34. The number of carbonyl (C=O) groups is 3. The molecule has 9 heteroatoms. The first kappa shape index (κ1) is 21.4. The molecule has 1 amide bonds. The molecule has 0 fully saturated rings. The monoisotopic (exact) mass is 406 g/mol. The number of esters is 2. The van der Waals surface area contributed by atoms with Crippen molar-refractivity contribution < 1.29 is 28.6 Å². The van der Waals surface area contributed by atoms with E-state index in [-0.39, 0.29) is 13.0 Å². The highest BCUT2D eigenvalue weighted by atomic mass is 32.1. The summed E-state index contributed by atoms with van der Waals surface area (Å²) in [6.45, 7) is 5.03. The van der Waals surface area contributed by atoms with Crippen LogP contribution in [0.25, 0.3) is 0 Å². The molecule has 0 saturated carbocycles. The van der Waals surface area contributed by atoms with Crippen molar-refractivity contribution >= 4 is 34.3 Å². The van der Waals surface area contributed by atoms with Crippen molar-refractivity contribution in [1.82, 2.24) is 4.98 Å². The summed E-state index contributed by atoms with van der Waals surface area (Å²) in [7, 11) is 1.29. The smallest absolute Gasteiger partial charge is 0.344 e. The summed E-state index contributed by atoms with van der Waals surface area (Å²) in [5, 5.41) is 4.45. The highest BCUT2D eigenvalue weighted by molar-refractivity contribution is 7.13. The number of nitrogens with one attached hydrogen (secondary N) is 1. The molecule has 150 valence electrons. The van der Waals surface area contributed by atoms with Crippen molar-refractivity contribution in [2.45, 2.75) is 27.2 Å². The zero-order valence-electron chi connectivity index (χ0n) is 16.2. The minimum Gasteiger partial charge on any atom is -0.481 e. The molecule has 8 nitrogen and oxygen atoms in total. The number of ether oxygens (including phenoxy) is 3. The van der Waals surface area contributed by atoms with Gasteiger partial charge < -0.3 is 14.2 Å². The average molecular weight is 406 g/mol. The van der Waals surface area contributed by atoms with Crippen LogP contribution in [-0.2, 0) is 30.3 Å². The first-order valence-electron chi connectivity index (χ1n) is 8.45. The van der Waals surface area contributed by atoms with Crippen molar-refractivity contribution in [2.24, 2.45) is 0 Å². The zero-order chi connectivity index (χ0) is 20.7. The number of carbonyl (C=O) groups excluding carboxylic acids is 3. The van der Waals surface area contributed by atoms with Crippen LogP contribution in [0.3, 0.4) is 0 Å². The average Bonchev–Trinajstić information content (AvgIpc) is 3.05. The second kappa shape index (κ2) is 9.84. The Balaban J connectivity index is 1.77. The summed E-state index contributed by atoms with van der Waals surface area (Å²) in [5.74, 6) is -0.973. The van der Waals surface area contributed by atoms with Gasteiger partial charge in [-0.1, -0.05) is 17.7 Å². The lowest BCUT2D eigenvalue weighted by Gasteiger charge is -2.12. The van der Waals surface area contributed by atoms with Gasteiger partial charge in [0.15, 0.2) is 18.3 Å². The Morgan fingerprint density at radius 2 is 1.75 bits per heavy atom. The van der Waals surface area contributed by atoms with Gasteiger partial charge in [0.05, 0.1) is 19.2 Å². The molecular formula is C19H22N2O6S. The third-order valence-corrected chi connectivity index (χ3v) is 4.46. The fourth-order valence-corrected chi connectivity index (χ4v) is 3.26. The van der Waals surface area contributed by atoms with E-state index in [0.29, 0.717) is 16.6 Å². The van der Waals surface area contributed by atoms with Gasteiger partial charge in [-0.15, -0.1) is 11.3 Å². The van der Waals surface area contributed by atoms with Crippen LogP contribution in [0.5, 0.6) is 5.75 Å². The summed E-state index contributed by atoms with van der Waals surface area (Å²) in [6.07, 6.45) is 0.0209. The molecule has 0 spiro atoms. The molecule has 0 atom stereocenters. The lowest BCUT2D eigenvalue weighted by atomic mass is 10.1. The maximum absolute atomic E-state index is 11.9. The summed E-state index contributed by atoms with van der Waals surface area (Å²) >= 11 is 1.16. The van der Waals surface area contributed by atoms with Crippen LogP contribution in [0.2, 0.25) is 0 Å². The summed E-state index contributed by atoms with van der Waals surface area (Å²) in [4.78, 5) is 39.0. The molecule has 0 aliphatic rings. The Kier molecular flexibility index (Phi) is 7.51. The van der Waals surface area contributed by atoms with E-state index in [2.05, 4.69) is 15.0 Å². The van der Waals surface area contributed by atoms with Crippen LogP contribution >= 0.6 is 11.3 Å². The Hall–Kier alpha value is -2.94. The molecule has 1 heterocycles. The van der Waals surface area contributed by atoms with E-state index in [1.165, 1.54) is 7.11 Å². The number of thiazole rings is 1. The van der Waals surface area contributed by atoms with E-state index >= 15 is 0 Å². The maximum atomic E-state index is 11.9. The third kappa shape index (κ3) is 6.34.